The van der Waals surface area contributed by atoms with Crippen molar-refractivity contribution in [3.05, 3.63) is 0 Å². The first-order valence-electron chi connectivity index (χ1n) is 5.69. The minimum Gasteiger partial charge on any atom is -0.394 e. The maximum atomic E-state index is 11.4. The molecule has 1 unspecified atom stereocenters. The molecule has 2 fully saturated rings. The van der Waals surface area contributed by atoms with Crippen molar-refractivity contribution in [3.8, 4) is 0 Å². The van der Waals surface area contributed by atoms with Gasteiger partial charge in [0.15, 0.2) is 11.3 Å². The van der Waals surface area contributed by atoms with Gasteiger partial charge < -0.3 is 30.3 Å². The van der Waals surface area contributed by atoms with Crippen LogP contribution in [0.2, 0.25) is 0 Å². The first kappa shape index (κ1) is 13.6. The molecule has 0 radical (unpaired) electrons. The Kier molecular flexibility index (Phi) is 3.83. The van der Waals surface area contributed by atoms with Gasteiger partial charge >= 0.3 is 0 Å². The second kappa shape index (κ2) is 5.06. The fourth-order valence-corrected chi connectivity index (χ4v) is 2.40. The van der Waals surface area contributed by atoms with E-state index in [1.807, 2.05) is 0 Å². The second-order valence-electron chi connectivity index (χ2n) is 4.58. The minimum absolute atomic E-state index is 0.160. The van der Waals surface area contributed by atoms with Crippen molar-refractivity contribution in [1.82, 2.24) is 10.2 Å². The van der Waals surface area contributed by atoms with E-state index in [0.717, 1.165) is 0 Å². The Hall–Kier alpha value is -0.800. The number of carbonyl (C=O) groups is 1. The van der Waals surface area contributed by atoms with Crippen LogP contribution < -0.4 is 5.32 Å². The molecule has 0 aliphatic carbocycles. The molecule has 4 N–H and O–H groups in total. The Morgan fingerprint density at radius 1 is 1.50 bits per heavy atom. The molecule has 0 aromatic rings. The number of rotatable bonds is 2. The van der Waals surface area contributed by atoms with E-state index in [2.05, 4.69) is 5.32 Å². The molecule has 2 heterocycles. The van der Waals surface area contributed by atoms with Crippen molar-refractivity contribution >= 4 is 23.2 Å². The van der Waals surface area contributed by atoms with Crippen molar-refractivity contribution in [2.75, 3.05) is 13.2 Å². The Balaban J connectivity index is 2.12. The summed E-state index contributed by atoms with van der Waals surface area (Å²) in [5.41, 5.74) is 0. The SMILES string of the molecule is CC1CN([C@@H]2O[C@H](CO)[C@@H](O)[C@H]2O)C(=S)NC1=O. The van der Waals surface area contributed by atoms with Crippen LogP contribution in [-0.4, -0.2) is 68.9 Å². The molecule has 7 nitrogen and oxygen atoms in total. The van der Waals surface area contributed by atoms with E-state index in [0.29, 0.717) is 6.54 Å². The van der Waals surface area contributed by atoms with E-state index >= 15 is 0 Å². The van der Waals surface area contributed by atoms with Crippen LogP contribution in [-0.2, 0) is 9.53 Å². The summed E-state index contributed by atoms with van der Waals surface area (Å²) in [6.07, 6.45) is -4.05. The Labute approximate surface area is 109 Å². The summed E-state index contributed by atoms with van der Waals surface area (Å²) in [6, 6.07) is 0. The molecule has 2 saturated heterocycles. The van der Waals surface area contributed by atoms with Crippen LogP contribution in [0, 0.1) is 5.92 Å². The molecule has 5 atom stereocenters. The van der Waals surface area contributed by atoms with Gasteiger partial charge in [-0.05, 0) is 12.2 Å². The molecule has 18 heavy (non-hydrogen) atoms. The Bertz CT molecular complexity index is 366. The van der Waals surface area contributed by atoms with Crippen LogP contribution in [0.4, 0.5) is 0 Å². The molecule has 0 saturated carbocycles. The first-order chi connectivity index (χ1) is 8.45. The Morgan fingerprint density at radius 3 is 2.72 bits per heavy atom. The van der Waals surface area contributed by atoms with Crippen molar-refractivity contribution in [1.29, 1.82) is 0 Å². The number of hydrogen-bond acceptors (Lipinski definition) is 6. The van der Waals surface area contributed by atoms with Crippen LogP contribution in [0.5, 0.6) is 0 Å². The van der Waals surface area contributed by atoms with Crippen molar-refractivity contribution < 1.29 is 24.9 Å². The van der Waals surface area contributed by atoms with E-state index in [1.54, 1.807) is 6.92 Å². The molecule has 2 aliphatic heterocycles. The molecule has 0 bridgehead atoms. The fourth-order valence-electron chi connectivity index (χ4n) is 2.12. The third kappa shape index (κ3) is 2.21. The summed E-state index contributed by atoms with van der Waals surface area (Å²) >= 11 is 5.02. The zero-order chi connectivity index (χ0) is 13.4. The third-order valence-electron chi connectivity index (χ3n) is 3.23. The molecule has 0 aromatic carbocycles. The summed E-state index contributed by atoms with van der Waals surface area (Å²) in [6.45, 7) is 1.64. The topological polar surface area (TPSA) is 102 Å². The van der Waals surface area contributed by atoms with Gasteiger partial charge in [0.05, 0.1) is 12.5 Å². The molecule has 2 rings (SSSR count). The van der Waals surface area contributed by atoms with Crippen LogP contribution >= 0.6 is 12.2 Å². The predicted molar refractivity (Wildman–Crippen MR) is 64.4 cm³/mol. The van der Waals surface area contributed by atoms with E-state index in [9.17, 15) is 15.0 Å². The molecular formula is C10H16N2O5S. The first-order valence-corrected chi connectivity index (χ1v) is 6.10. The fraction of sp³-hybridized carbons (Fsp3) is 0.800. The van der Waals surface area contributed by atoms with E-state index in [1.165, 1.54) is 4.90 Å². The van der Waals surface area contributed by atoms with Crippen molar-refractivity contribution in [2.24, 2.45) is 5.92 Å². The van der Waals surface area contributed by atoms with E-state index in [-0.39, 0.29) is 16.9 Å². The predicted octanol–water partition coefficient (Wildman–Crippen LogP) is -2.22. The highest BCUT2D eigenvalue weighted by atomic mass is 32.1. The number of amides is 1. The highest BCUT2D eigenvalue weighted by molar-refractivity contribution is 7.80. The summed E-state index contributed by atoms with van der Waals surface area (Å²) in [7, 11) is 0. The zero-order valence-electron chi connectivity index (χ0n) is 9.81. The normalized spacial score (nSPS) is 41.1. The molecular weight excluding hydrogens is 260 g/mol. The lowest BCUT2D eigenvalue weighted by molar-refractivity contribution is -0.128. The van der Waals surface area contributed by atoms with Gasteiger partial charge in [-0.25, -0.2) is 0 Å². The summed E-state index contributed by atoms with van der Waals surface area (Å²) in [5, 5.41) is 31.2. The number of aliphatic hydroxyl groups is 3. The van der Waals surface area contributed by atoms with E-state index < -0.39 is 31.1 Å². The van der Waals surface area contributed by atoms with Crippen LogP contribution in [0.1, 0.15) is 6.92 Å². The lowest BCUT2D eigenvalue weighted by atomic mass is 10.1. The van der Waals surface area contributed by atoms with Gasteiger partial charge in [0, 0.05) is 6.54 Å². The minimum atomic E-state index is -1.18. The number of carbonyl (C=O) groups excluding carboxylic acids is 1. The molecule has 2 aliphatic rings. The average Bonchev–Trinajstić information content (AvgIpc) is 2.61. The van der Waals surface area contributed by atoms with Crippen LogP contribution in [0.3, 0.4) is 0 Å². The molecule has 0 aromatic heterocycles. The quantitative estimate of drug-likeness (QED) is 0.424. The molecule has 0 spiro atoms. The van der Waals surface area contributed by atoms with Crippen LogP contribution in [0.15, 0.2) is 0 Å². The van der Waals surface area contributed by atoms with Gasteiger partial charge in [-0.15, -0.1) is 0 Å². The van der Waals surface area contributed by atoms with E-state index in [4.69, 9.17) is 22.1 Å². The number of thiocarbonyl (C=S) groups is 1. The number of ether oxygens (including phenoxy) is 1. The average molecular weight is 276 g/mol. The molecule has 1 amide bonds. The smallest absolute Gasteiger partial charge is 0.230 e. The van der Waals surface area contributed by atoms with Crippen molar-refractivity contribution in [3.63, 3.8) is 0 Å². The summed E-state index contributed by atoms with van der Waals surface area (Å²) in [4.78, 5) is 12.9. The van der Waals surface area contributed by atoms with Gasteiger partial charge in [-0.1, -0.05) is 6.92 Å². The summed E-state index contributed by atoms with van der Waals surface area (Å²) < 4.78 is 5.37. The van der Waals surface area contributed by atoms with Gasteiger partial charge in [0.2, 0.25) is 5.91 Å². The maximum Gasteiger partial charge on any atom is 0.230 e. The largest absolute Gasteiger partial charge is 0.394 e. The number of hydrogen-bond donors (Lipinski definition) is 4. The van der Waals surface area contributed by atoms with Gasteiger partial charge in [0.25, 0.3) is 0 Å². The molecule has 102 valence electrons. The lowest BCUT2D eigenvalue weighted by Crippen LogP contribution is -2.59. The number of aliphatic hydroxyl groups excluding tert-OH is 3. The zero-order valence-corrected chi connectivity index (χ0v) is 10.6. The standard InChI is InChI=1S/C10H16N2O5S/c1-4-2-12(10(18)11-8(4)16)9-7(15)6(14)5(3-13)17-9/h4-7,9,13-15H,2-3H2,1H3,(H,11,16,18)/t4?,5-,6-,7-,9-/m1/s1. The molecule has 8 heteroatoms. The van der Waals surface area contributed by atoms with Crippen molar-refractivity contribution in [2.45, 2.75) is 31.5 Å². The monoisotopic (exact) mass is 276 g/mol. The van der Waals surface area contributed by atoms with Gasteiger partial charge in [-0.2, -0.15) is 0 Å². The lowest BCUT2D eigenvalue weighted by Gasteiger charge is -2.37. The highest BCUT2D eigenvalue weighted by Gasteiger charge is 2.47. The van der Waals surface area contributed by atoms with Crippen LogP contribution in [0.25, 0.3) is 0 Å². The number of nitrogens with zero attached hydrogens (tertiary/aromatic N) is 1. The Morgan fingerprint density at radius 2 is 2.17 bits per heavy atom. The maximum absolute atomic E-state index is 11.4. The second-order valence-corrected chi connectivity index (χ2v) is 4.96. The van der Waals surface area contributed by atoms with Gasteiger partial charge in [-0.3, -0.25) is 4.79 Å². The number of nitrogens with one attached hydrogen (secondary N) is 1. The summed E-state index contributed by atoms with van der Waals surface area (Å²) in [5.74, 6) is -0.471. The van der Waals surface area contributed by atoms with Gasteiger partial charge in [0.1, 0.15) is 18.3 Å². The highest BCUT2D eigenvalue weighted by Crippen LogP contribution is 2.26. The third-order valence-corrected chi connectivity index (χ3v) is 3.57.